The highest BCUT2D eigenvalue weighted by Crippen LogP contribution is 2.23. The van der Waals surface area contributed by atoms with Crippen LogP contribution in [0.15, 0.2) is 94.1 Å². The molecule has 1 atom stereocenters. The average Bonchev–Trinajstić information content (AvgIpc) is 3.11. The smallest absolute Gasteiger partial charge is 0.419 e. The fourth-order valence-corrected chi connectivity index (χ4v) is 3.27. The Morgan fingerprint density at radius 2 is 1.50 bits per heavy atom. The predicted octanol–water partition coefficient (Wildman–Crippen LogP) is 4.15. The second-order valence-corrected chi connectivity index (χ2v) is 6.75. The molecule has 0 saturated heterocycles. The Labute approximate surface area is 172 Å². The van der Waals surface area contributed by atoms with Crippen molar-refractivity contribution in [3.8, 4) is 0 Å². The Hall–Kier alpha value is -3.93. The molecule has 0 radical (unpaired) electrons. The van der Waals surface area contributed by atoms with Gasteiger partial charge in [0, 0.05) is 17.7 Å². The zero-order valence-electron chi connectivity index (χ0n) is 16.1. The van der Waals surface area contributed by atoms with E-state index in [1.165, 1.54) is 4.57 Å². The van der Waals surface area contributed by atoms with E-state index < -0.39 is 17.8 Å². The van der Waals surface area contributed by atoms with Gasteiger partial charge in [0.25, 0.3) is 0 Å². The summed E-state index contributed by atoms with van der Waals surface area (Å²) in [7, 11) is 0. The van der Waals surface area contributed by atoms with Crippen molar-refractivity contribution >= 4 is 22.9 Å². The number of benzene rings is 3. The largest absolute Gasteiger partial charge is 0.449 e. The van der Waals surface area contributed by atoms with E-state index in [1.807, 2.05) is 12.1 Å². The molecule has 3 aromatic carbocycles. The van der Waals surface area contributed by atoms with Crippen LogP contribution in [-0.2, 0) is 16.1 Å². The summed E-state index contributed by atoms with van der Waals surface area (Å²) in [6.45, 7) is 0.0930. The minimum atomic E-state index is -1.06. The number of rotatable bonds is 7. The molecular formula is C24H19NO5. The number of hydrogen-bond donors (Lipinski definition) is 0. The first-order valence-electron chi connectivity index (χ1n) is 9.55. The fraction of sp³-hybridized carbons (Fsp3) is 0.125. The number of aryl methyl sites for hydroxylation is 1. The van der Waals surface area contributed by atoms with Crippen LogP contribution in [0.1, 0.15) is 28.4 Å². The van der Waals surface area contributed by atoms with E-state index in [-0.39, 0.29) is 18.7 Å². The summed E-state index contributed by atoms with van der Waals surface area (Å²) in [5.74, 6) is -1.42. The van der Waals surface area contributed by atoms with Gasteiger partial charge in [-0.15, -0.1) is 0 Å². The zero-order chi connectivity index (χ0) is 20.9. The van der Waals surface area contributed by atoms with Gasteiger partial charge in [0.05, 0.1) is 11.9 Å². The monoisotopic (exact) mass is 401 g/mol. The molecule has 0 aliphatic carbocycles. The third kappa shape index (κ3) is 4.07. The van der Waals surface area contributed by atoms with Crippen molar-refractivity contribution in [2.45, 2.75) is 19.1 Å². The molecular weight excluding hydrogens is 382 g/mol. The van der Waals surface area contributed by atoms with Gasteiger partial charge >= 0.3 is 11.7 Å². The third-order valence-corrected chi connectivity index (χ3v) is 4.76. The number of para-hydroxylation sites is 2. The first-order chi connectivity index (χ1) is 14.6. The molecule has 0 fully saturated rings. The normalized spacial score (nSPS) is 11.9. The quantitative estimate of drug-likeness (QED) is 0.343. The highest BCUT2D eigenvalue weighted by molar-refractivity contribution is 6.01. The van der Waals surface area contributed by atoms with E-state index in [4.69, 9.17) is 9.15 Å². The summed E-state index contributed by atoms with van der Waals surface area (Å²) in [5.41, 5.74) is 2.11. The number of carbonyl (C=O) groups is 2. The van der Waals surface area contributed by atoms with Gasteiger partial charge in [0.1, 0.15) is 0 Å². The molecule has 0 bridgehead atoms. The number of ether oxygens (including phenoxy) is 1. The highest BCUT2D eigenvalue weighted by Gasteiger charge is 2.26. The second-order valence-electron chi connectivity index (χ2n) is 6.75. The maximum absolute atomic E-state index is 13.0. The summed E-state index contributed by atoms with van der Waals surface area (Å²) in [4.78, 5) is 37.7. The Kier molecular flexibility index (Phi) is 5.57. The maximum Gasteiger partial charge on any atom is 0.419 e. The first-order valence-corrected chi connectivity index (χ1v) is 9.55. The van der Waals surface area contributed by atoms with Gasteiger partial charge in [-0.2, -0.15) is 0 Å². The van der Waals surface area contributed by atoms with Crippen molar-refractivity contribution in [3.63, 3.8) is 0 Å². The van der Waals surface area contributed by atoms with Crippen LogP contribution in [-0.4, -0.2) is 16.3 Å². The van der Waals surface area contributed by atoms with Gasteiger partial charge < -0.3 is 9.15 Å². The molecule has 1 aromatic heterocycles. The van der Waals surface area contributed by atoms with Crippen LogP contribution < -0.4 is 5.76 Å². The minimum absolute atomic E-state index is 0.0746. The highest BCUT2D eigenvalue weighted by atomic mass is 16.5. The van der Waals surface area contributed by atoms with Crippen LogP contribution in [0.3, 0.4) is 0 Å². The number of oxazole rings is 1. The Bertz CT molecular complexity index is 1220. The number of Topliss-reactive ketones (excluding diaryl/α,β-unsaturated/α-hetero) is 1. The predicted molar refractivity (Wildman–Crippen MR) is 111 cm³/mol. The van der Waals surface area contributed by atoms with Crippen molar-refractivity contribution in [1.29, 1.82) is 0 Å². The Morgan fingerprint density at radius 3 is 2.23 bits per heavy atom. The molecule has 4 rings (SSSR count). The van der Waals surface area contributed by atoms with E-state index in [1.54, 1.807) is 72.8 Å². The van der Waals surface area contributed by atoms with Crippen molar-refractivity contribution in [2.24, 2.45) is 0 Å². The zero-order valence-corrected chi connectivity index (χ0v) is 16.1. The number of hydrogen-bond acceptors (Lipinski definition) is 5. The topological polar surface area (TPSA) is 78.5 Å². The summed E-state index contributed by atoms with van der Waals surface area (Å²) < 4.78 is 12.1. The van der Waals surface area contributed by atoms with Crippen LogP contribution in [0, 0.1) is 0 Å². The number of carbonyl (C=O) groups excluding carboxylic acids is 2. The summed E-state index contributed by atoms with van der Waals surface area (Å²) in [6.07, 6.45) is -1.13. The lowest BCUT2D eigenvalue weighted by Crippen LogP contribution is -2.22. The molecule has 0 saturated carbocycles. The third-order valence-electron chi connectivity index (χ3n) is 4.76. The van der Waals surface area contributed by atoms with Crippen molar-refractivity contribution in [1.82, 2.24) is 4.57 Å². The summed E-state index contributed by atoms with van der Waals surface area (Å²) >= 11 is 0. The molecule has 150 valence electrons. The van der Waals surface area contributed by atoms with Crippen molar-refractivity contribution in [3.05, 3.63) is 107 Å². The number of esters is 1. The van der Waals surface area contributed by atoms with E-state index in [9.17, 15) is 14.4 Å². The van der Waals surface area contributed by atoms with Gasteiger partial charge in [0.15, 0.2) is 11.7 Å². The van der Waals surface area contributed by atoms with Crippen LogP contribution in [0.2, 0.25) is 0 Å². The number of aromatic nitrogens is 1. The van der Waals surface area contributed by atoms with E-state index in [0.717, 1.165) is 0 Å². The molecule has 30 heavy (non-hydrogen) atoms. The summed E-state index contributed by atoms with van der Waals surface area (Å²) in [6, 6.07) is 24.6. The van der Waals surface area contributed by atoms with Gasteiger partial charge in [-0.1, -0.05) is 72.8 Å². The minimum Gasteiger partial charge on any atom is -0.449 e. The van der Waals surface area contributed by atoms with Crippen LogP contribution in [0.5, 0.6) is 0 Å². The van der Waals surface area contributed by atoms with Crippen LogP contribution in [0.25, 0.3) is 11.1 Å². The SMILES string of the molecule is O=C(CCn1c(=O)oc2ccccc21)OC(C(=O)c1ccccc1)c1ccccc1. The fourth-order valence-electron chi connectivity index (χ4n) is 3.27. The Morgan fingerprint density at radius 1 is 0.867 bits per heavy atom. The van der Waals surface area contributed by atoms with Gasteiger partial charge in [-0.05, 0) is 12.1 Å². The lowest BCUT2D eigenvalue weighted by atomic mass is 10.00. The Balaban J connectivity index is 1.52. The summed E-state index contributed by atoms with van der Waals surface area (Å²) in [5, 5.41) is 0. The lowest BCUT2D eigenvalue weighted by Gasteiger charge is -2.17. The van der Waals surface area contributed by atoms with Gasteiger partial charge in [-0.25, -0.2) is 4.79 Å². The molecule has 0 N–H and O–H groups in total. The van der Waals surface area contributed by atoms with Crippen LogP contribution >= 0.6 is 0 Å². The molecule has 6 heteroatoms. The van der Waals surface area contributed by atoms with Crippen molar-refractivity contribution in [2.75, 3.05) is 0 Å². The van der Waals surface area contributed by atoms with E-state index in [2.05, 4.69) is 0 Å². The lowest BCUT2D eigenvalue weighted by molar-refractivity contribution is -0.147. The molecule has 0 spiro atoms. The molecule has 0 amide bonds. The van der Waals surface area contributed by atoms with Gasteiger partial charge in [-0.3, -0.25) is 14.2 Å². The second kappa shape index (κ2) is 8.61. The van der Waals surface area contributed by atoms with E-state index >= 15 is 0 Å². The molecule has 4 aromatic rings. The number of fused-ring (bicyclic) bond motifs is 1. The molecule has 0 aliphatic heterocycles. The maximum atomic E-state index is 13.0. The van der Waals surface area contributed by atoms with E-state index in [0.29, 0.717) is 22.2 Å². The molecule has 1 heterocycles. The average molecular weight is 401 g/mol. The van der Waals surface area contributed by atoms with Crippen molar-refractivity contribution < 1.29 is 18.7 Å². The number of nitrogens with zero attached hydrogens (tertiary/aromatic N) is 1. The molecule has 1 unspecified atom stereocenters. The van der Waals surface area contributed by atoms with Crippen LogP contribution in [0.4, 0.5) is 0 Å². The standard InChI is InChI=1S/C24H19NO5/c26-21(15-16-25-19-13-7-8-14-20(19)29-24(25)28)30-23(18-11-5-2-6-12-18)22(27)17-9-3-1-4-10-17/h1-14,23H,15-16H2. The molecule has 0 aliphatic rings. The molecule has 6 nitrogen and oxygen atoms in total. The first kappa shape index (κ1) is 19.4. The van der Waals surface area contributed by atoms with Gasteiger partial charge in [0.2, 0.25) is 5.78 Å². The number of ketones is 1.